The third-order valence-electron chi connectivity index (χ3n) is 14.8. The van der Waals surface area contributed by atoms with E-state index < -0.39 is 0 Å². The lowest BCUT2D eigenvalue weighted by Crippen LogP contribution is -2.76. The second kappa shape index (κ2) is 5.56. The van der Waals surface area contributed by atoms with Crippen molar-refractivity contribution in [2.75, 3.05) is 0 Å². The van der Waals surface area contributed by atoms with E-state index in [9.17, 15) is 0 Å². The summed E-state index contributed by atoms with van der Waals surface area (Å²) in [6.45, 7) is 46.4. The van der Waals surface area contributed by atoms with Crippen molar-refractivity contribution in [2.24, 2.45) is 48.7 Å². The molecule has 0 nitrogen and oxygen atoms in total. The summed E-state index contributed by atoms with van der Waals surface area (Å²) in [7, 11) is 0. The maximum atomic E-state index is 2.65. The Hall–Kier alpha value is -0.260. The van der Waals surface area contributed by atoms with Crippen LogP contribution in [0.25, 0.3) is 0 Å². The summed E-state index contributed by atoms with van der Waals surface area (Å²) in [5.74, 6) is 0. The van der Waals surface area contributed by atoms with E-state index in [-0.39, 0.29) is 48.7 Å². The zero-order chi connectivity index (χ0) is 23.7. The van der Waals surface area contributed by atoms with E-state index in [4.69, 9.17) is 0 Å². The van der Waals surface area contributed by atoms with Crippen LogP contribution in [0.4, 0.5) is 0 Å². The Morgan fingerprint density at radius 1 is 0.345 bits per heavy atom. The van der Waals surface area contributed by atoms with Crippen molar-refractivity contribution in [3.05, 3.63) is 11.1 Å². The van der Waals surface area contributed by atoms with Gasteiger partial charge in [-0.2, -0.15) is 0 Å². The maximum Gasteiger partial charge on any atom is -0.000357 e. The number of fused-ring (bicyclic) bond motifs is 5. The van der Waals surface area contributed by atoms with Crippen LogP contribution in [-0.4, -0.2) is 0 Å². The molecule has 0 heteroatoms. The van der Waals surface area contributed by atoms with Crippen LogP contribution in [-0.2, 0) is 0 Å². The van der Waals surface area contributed by atoms with Gasteiger partial charge in [0.15, 0.2) is 0 Å². The molecule has 0 N–H and O–H groups in total. The highest BCUT2D eigenvalue weighted by molar-refractivity contribution is 5.39. The SMILES string of the molecule is C/C1=C(\C)C2(C)C(C)(C)C(C)(C)C(C)(C)C(C)(C1(C)C)C(C)(C)C(C)(C)C2(C)C. The van der Waals surface area contributed by atoms with Crippen molar-refractivity contribution < 1.29 is 0 Å². The van der Waals surface area contributed by atoms with Crippen LogP contribution in [0.1, 0.15) is 125 Å². The van der Waals surface area contributed by atoms with Gasteiger partial charge >= 0.3 is 0 Å². The molecule has 3 aliphatic rings. The third kappa shape index (κ3) is 1.96. The first-order chi connectivity index (χ1) is 12.3. The normalized spacial score (nSPS) is 43.2. The summed E-state index contributed by atoms with van der Waals surface area (Å²) in [6, 6.07) is 0. The molecule has 1 saturated carbocycles. The van der Waals surface area contributed by atoms with Crippen molar-refractivity contribution in [1.29, 1.82) is 0 Å². The molecule has 0 aliphatic heterocycles. The van der Waals surface area contributed by atoms with E-state index in [2.05, 4.69) is 125 Å². The van der Waals surface area contributed by atoms with Crippen molar-refractivity contribution in [3.63, 3.8) is 0 Å². The smallest absolute Gasteiger partial charge is 0.000357 e. The average molecular weight is 403 g/mol. The predicted molar refractivity (Wildman–Crippen MR) is 131 cm³/mol. The van der Waals surface area contributed by atoms with Crippen LogP contribution >= 0.6 is 0 Å². The Bertz CT molecular complexity index is 703. The van der Waals surface area contributed by atoms with E-state index in [1.807, 2.05) is 0 Å². The number of hydrogen-bond acceptors (Lipinski definition) is 0. The molecule has 0 spiro atoms. The predicted octanol–water partition coefficient (Wildman–Crippen LogP) is 9.55. The summed E-state index contributed by atoms with van der Waals surface area (Å²) in [5.41, 5.74) is 4.22. The topological polar surface area (TPSA) is 0 Å². The quantitative estimate of drug-likeness (QED) is 0.354. The Morgan fingerprint density at radius 3 is 0.897 bits per heavy atom. The van der Waals surface area contributed by atoms with Crippen molar-refractivity contribution in [2.45, 2.75) is 125 Å². The molecule has 2 bridgehead atoms. The molecule has 0 amide bonds. The van der Waals surface area contributed by atoms with E-state index >= 15 is 0 Å². The Morgan fingerprint density at radius 2 is 0.621 bits per heavy atom. The number of rotatable bonds is 0. The molecule has 170 valence electrons. The van der Waals surface area contributed by atoms with Gasteiger partial charge in [0.1, 0.15) is 0 Å². The third-order valence-corrected chi connectivity index (χ3v) is 14.8. The number of hydrogen-bond donors (Lipinski definition) is 0. The molecule has 3 aliphatic carbocycles. The van der Waals surface area contributed by atoms with E-state index in [1.165, 1.54) is 0 Å². The van der Waals surface area contributed by atoms with E-state index in [0.717, 1.165) is 0 Å². The lowest BCUT2D eigenvalue weighted by Gasteiger charge is -2.81. The maximum absolute atomic E-state index is 2.65. The number of allylic oxidation sites excluding steroid dienone is 2. The van der Waals surface area contributed by atoms with Gasteiger partial charge < -0.3 is 0 Å². The van der Waals surface area contributed by atoms with Gasteiger partial charge in [0, 0.05) is 0 Å². The molecule has 29 heavy (non-hydrogen) atoms. The molecule has 3 rings (SSSR count). The van der Waals surface area contributed by atoms with Crippen LogP contribution in [0.3, 0.4) is 0 Å². The van der Waals surface area contributed by atoms with Gasteiger partial charge in [-0.15, -0.1) is 0 Å². The molecule has 0 aromatic rings. The molecule has 1 fully saturated rings. The lowest BCUT2D eigenvalue weighted by molar-refractivity contribution is -0.311. The van der Waals surface area contributed by atoms with Gasteiger partial charge in [-0.05, 0) is 62.6 Å². The average Bonchev–Trinajstić information content (AvgIpc) is 2.55. The van der Waals surface area contributed by atoms with Gasteiger partial charge in [0.2, 0.25) is 0 Å². The van der Waals surface area contributed by atoms with Crippen molar-refractivity contribution in [3.8, 4) is 0 Å². The fourth-order valence-electron chi connectivity index (χ4n) is 9.34. The summed E-state index contributed by atoms with van der Waals surface area (Å²) in [6.07, 6.45) is 0. The summed E-state index contributed by atoms with van der Waals surface area (Å²) in [5, 5.41) is 0. The van der Waals surface area contributed by atoms with Crippen LogP contribution < -0.4 is 0 Å². The first-order valence-electron chi connectivity index (χ1n) is 12.0. The van der Waals surface area contributed by atoms with Gasteiger partial charge in [-0.1, -0.05) is 122 Å². The second-order valence-electron chi connectivity index (χ2n) is 14.9. The van der Waals surface area contributed by atoms with Gasteiger partial charge in [0.25, 0.3) is 0 Å². The molecule has 0 unspecified atom stereocenters. The molecule has 0 heterocycles. The fourth-order valence-corrected chi connectivity index (χ4v) is 9.34. The van der Waals surface area contributed by atoms with Crippen molar-refractivity contribution in [1.82, 2.24) is 0 Å². The van der Waals surface area contributed by atoms with Gasteiger partial charge in [-0.25, -0.2) is 0 Å². The minimum absolute atomic E-state index is 0.0602. The lowest BCUT2D eigenvalue weighted by atomic mass is 9.22. The minimum atomic E-state index is 0.0602. The molecular formula is C29H54. The molecule has 0 saturated heterocycles. The van der Waals surface area contributed by atoms with E-state index in [1.54, 1.807) is 11.1 Å². The molecule has 0 atom stereocenters. The van der Waals surface area contributed by atoms with Crippen LogP contribution in [0.2, 0.25) is 0 Å². The Labute approximate surface area is 184 Å². The van der Waals surface area contributed by atoms with Gasteiger partial charge in [0.05, 0.1) is 0 Å². The molecular weight excluding hydrogens is 348 g/mol. The zero-order valence-electron chi connectivity index (χ0n) is 23.5. The monoisotopic (exact) mass is 402 g/mol. The highest BCUT2D eigenvalue weighted by Gasteiger charge is 2.78. The largest absolute Gasteiger partial charge is 0.0676 e. The van der Waals surface area contributed by atoms with Gasteiger partial charge in [-0.3, -0.25) is 0 Å². The Balaban J connectivity index is 3.43. The highest BCUT2D eigenvalue weighted by Crippen LogP contribution is 2.84. The molecule has 0 aromatic carbocycles. The van der Waals surface area contributed by atoms with Crippen LogP contribution in [0.15, 0.2) is 11.1 Å². The fraction of sp³-hybridized carbons (Fsp3) is 0.931. The molecule has 0 aromatic heterocycles. The summed E-state index contributed by atoms with van der Waals surface area (Å²) >= 11 is 0. The second-order valence-corrected chi connectivity index (χ2v) is 14.9. The first-order valence-corrected chi connectivity index (χ1v) is 12.0. The first kappa shape index (κ1) is 25.0. The van der Waals surface area contributed by atoms with Crippen LogP contribution in [0.5, 0.6) is 0 Å². The van der Waals surface area contributed by atoms with Crippen molar-refractivity contribution >= 4 is 0 Å². The summed E-state index contributed by atoms with van der Waals surface area (Å²) in [4.78, 5) is 0. The standard InChI is InChI=1S/C29H54/c1-19-20(2)28(17)24(9,10)22(5,6)26(13,14)29(18,21(19,3)4)27(15,16)23(7,8)25(28,11)12/h1-18H3/b20-19-. The zero-order valence-corrected chi connectivity index (χ0v) is 23.5. The van der Waals surface area contributed by atoms with Crippen LogP contribution in [0, 0.1) is 48.7 Å². The Kier molecular flexibility index (Phi) is 4.79. The summed E-state index contributed by atoms with van der Waals surface area (Å²) < 4.78 is 0. The molecule has 0 radical (unpaired) electrons. The van der Waals surface area contributed by atoms with E-state index in [0.29, 0.717) is 0 Å². The highest BCUT2D eigenvalue weighted by atomic mass is 14.8. The minimum Gasteiger partial charge on any atom is -0.0676 e.